The van der Waals surface area contributed by atoms with E-state index in [0.717, 1.165) is 6.42 Å². The van der Waals surface area contributed by atoms with Crippen molar-refractivity contribution >= 4 is 5.91 Å². The molecule has 0 radical (unpaired) electrons. The number of hydrogen-bond donors (Lipinski definition) is 1. The Hall–Kier alpha value is -1.35. The van der Waals surface area contributed by atoms with Gasteiger partial charge in [-0.15, -0.1) is 0 Å². The summed E-state index contributed by atoms with van der Waals surface area (Å²) in [4.78, 5) is 13.6. The molecule has 100 valence electrons. The van der Waals surface area contributed by atoms with Gasteiger partial charge in [0.05, 0.1) is 0 Å². The van der Waals surface area contributed by atoms with Gasteiger partial charge in [-0.2, -0.15) is 0 Å². The molecule has 1 N–H and O–H groups in total. The molecule has 0 fully saturated rings. The third kappa shape index (κ3) is 4.49. The van der Waals surface area contributed by atoms with Crippen LogP contribution in [0.25, 0.3) is 0 Å². The lowest BCUT2D eigenvalue weighted by Gasteiger charge is -2.18. The zero-order chi connectivity index (χ0) is 13.5. The first-order valence-corrected chi connectivity index (χ1v) is 6.45. The summed E-state index contributed by atoms with van der Waals surface area (Å²) in [5.41, 5.74) is 3.66. The molecule has 0 aliphatic rings. The molecule has 1 amide bonds. The summed E-state index contributed by atoms with van der Waals surface area (Å²) in [7, 11) is 1.83. The van der Waals surface area contributed by atoms with E-state index in [1.54, 1.807) is 4.90 Å². The smallest absolute Gasteiger partial charge is 0.222 e. The van der Waals surface area contributed by atoms with Crippen LogP contribution >= 0.6 is 0 Å². The Labute approximate surface area is 109 Å². The van der Waals surface area contributed by atoms with Gasteiger partial charge in [-0.05, 0) is 37.8 Å². The maximum atomic E-state index is 11.8. The lowest BCUT2D eigenvalue weighted by molar-refractivity contribution is -0.130. The molecule has 1 aromatic rings. The van der Waals surface area contributed by atoms with E-state index in [2.05, 4.69) is 32.0 Å². The Balaban J connectivity index is 2.53. The van der Waals surface area contributed by atoms with Gasteiger partial charge in [0, 0.05) is 26.6 Å². The fraction of sp³-hybridized carbons (Fsp3) is 0.533. The predicted molar refractivity (Wildman–Crippen MR) is 73.3 cm³/mol. The van der Waals surface area contributed by atoms with E-state index in [9.17, 15) is 4.79 Å². The third-order valence-electron chi connectivity index (χ3n) is 3.13. The van der Waals surface area contributed by atoms with Crippen molar-refractivity contribution in [3.8, 4) is 0 Å². The number of nitrogens with zero attached hydrogens (tertiary/aromatic N) is 1. The summed E-state index contributed by atoms with van der Waals surface area (Å²) >= 11 is 0. The molecule has 3 heteroatoms. The number of carbonyl (C=O) groups is 1. The second-order valence-corrected chi connectivity index (χ2v) is 4.86. The van der Waals surface area contributed by atoms with Crippen LogP contribution in [0.4, 0.5) is 0 Å². The van der Waals surface area contributed by atoms with Gasteiger partial charge in [-0.3, -0.25) is 4.79 Å². The standard InChI is InChI=1S/C15H23NO2/c1-12-7-8-14(13(2)10-12)11-16(3)15(18)6-4-5-9-17/h7-8,10,17H,4-6,9,11H2,1-3H3. The first-order valence-electron chi connectivity index (χ1n) is 6.45. The van der Waals surface area contributed by atoms with Gasteiger partial charge < -0.3 is 10.0 Å². The largest absolute Gasteiger partial charge is 0.396 e. The summed E-state index contributed by atoms with van der Waals surface area (Å²) in [6.07, 6.45) is 1.97. The Bertz CT molecular complexity index is 401. The summed E-state index contributed by atoms with van der Waals surface area (Å²) in [6.45, 7) is 4.96. The number of rotatable bonds is 6. The molecule has 1 aromatic carbocycles. The van der Waals surface area contributed by atoms with Crippen LogP contribution < -0.4 is 0 Å². The number of amides is 1. The van der Waals surface area contributed by atoms with Gasteiger partial charge in [0.15, 0.2) is 0 Å². The van der Waals surface area contributed by atoms with Crippen molar-refractivity contribution in [3.63, 3.8) is 0 Å². The summed E-state index contributed by atoms with van der Waals surface area (Å²) < 4.78 is 0. The lowest BCUT2D eigenvalue weighted by Crippen LogP contribution is -2.26. The fourth-order valence-corrected chi connectivity index (χ4v) is 1.95. The maximum absolute atomic E-state index is 11.8. The van der Waals surface area contributed by atoms with Crippen LogP contribution in [-0.4, -0.2) is 29.6 Å². The van der Waals surface area contributed by atoms with Crippen molar-refractivity contribution in [2.75, 3.05) is 13.7 Å². The van der Waals surface area contributed by atoms with Crippen molar-refractivity contribution in [1.82, 2.24) is 4.90 Å². The van der Waals surface area contributed by atoms with Crippen LogP contribution in [0.2, 0.25) is 0 Å². The van der Waals surface area contributed by atoms with Gasteiger partial charge >= 0.3 is 0 Å². The van der Waals surface area contributed by atoms with Crippen LogP contribution in [0.3, 0.4) is 0 Å². The van der Waals surface area contributed by atoms with E-state index < -0.39 is 0 Å². The molecule has 0 saturated heterocycles. The topological polar surface area (TPSA) is 40.5 Å². The van der Waals surface area contributed by atoms with Crippen molar-refractivity contribution in [2.24, 2.45) is 0 Å². The molecule has 0 spiro atoms. The van der Waals surface area contributed by atoms with Gasteiger partial charge in [-0.1, -0.05) is 23.8 Å². The Kier molecular flexibility index (Phi) is 5.86. The molecule has 0 atom stereocenters. The van der Waals surface area contributed by atoms with Crippen LogP contribution in [0.1, 0.15) is 36.0 Å². The highest BCUT2D eigenvalue weighted by atomic mass is 16.3. The highest BCUT2D eigenvalue weighted by molar-refractivity contribution is 5.75. The molecule has 0 bridgehead atoms. The Morgan fingerprint density at radius 2 is 2.00 bits per heavy atom. The molecule has 0 aliphatic carbocycles. The van der Waals surface area contributed by atoms with Gasteiger partial charge in [0.2, 0.25) is 5.91 Å². The minimum Gasteiger partial charge on any atom is -0.396 e. The van der Waals surface area contributed by atoms with Crippen molar-refractivity contribution in [1.29, 1.82) is 0 Å². The van der Waals surface area contributed by atoms with Crippen molar-refractivity contribution in [3.05, 3.63) is 34.9 Å². The fourth-order valence-electron chi connectivity index (χ4n) is 1.95. The number of unbranched alkanes of at least 4 members (excludes halogenated alkanes) is 1. The predicted octanol–water partition coefficient (Wildman–Crippen LogP) is 2.42. The monoisotopic (exact) mass is 249 g/mol. The SMILES string of the molecule is Cc1ccc(CN(C)C(=O)CCCCO)c(C)c1. The molecule has 0 aliphatic heterocycles. The van der Waals surface area contributed by atoms with Gasteiger partial charge in [0.25, 0.3) is 0 Å². The van der Waals surface area contributed by atoms with E-state index in [0.29, 0.717) is 19.4 Å². The highest BCUT2D eigenvalue weighted by Gasteiger charge is 2.10. The molecule has 18 heavy (non-hydrogen) atoms. The van der Waals surface area contributed by atoms with Crippen molar-refractivity contribution in [2.45, 2.75) is 39.7 Å². The molecule has 0 heterocycles. The van der Waals surface area contributed by atoms with E-state index in [1.807, 2.05) is 7.05 Å². The second-order valence-electron chi connectivity index (χ2n) is 4.86. The molecule has 1 rings (SSSR count). The van der Waals surface area contributed by atoms with E-state index in [4.69, 9.17) is 5.11 Å². The van der Waals surface area contributed by atoms with E-state index in [1.165, 1.54) is 16.7 Å². The number of aliphatic hydroxyl groups excluding tert-OH is 1. The van der Waals surface area contributed by atoms with E-state index >= 15 is 0 Å². The zero-order valence-electron chi connectivity index (χ0n) is 11.6. The number of carbonyl (C=O) groups excluding carboxylic acids is 1. The third-order valence-corrected chi connectivity index (χ3v) is 3.13. The minimum absolute atomic E-state index is 0.142. The average molecular weight is 249 g/mol. The number of hydrogen-bond acceptors (Lipinski definition) is 2. The minimum atomic E-state index is 0.142. The summed E-state index contributed by atoms with van der Waals surface area (Å²) in [6, 6.07) is 6.30. The molecular formula is C15H23NO2. The second kappa shape index (κ2) is 7.17. The normalized spacial score (nSPS) is 10.4. The van der Waals surface area contributed by atoms with Crippen LogP contribution in [-0.2, 0) is 11.3 Å². The average Bonchev–Trinajstić information content (AvgIpc) is 2.32. The number of aliphatic hydroxyl groups is 1. The summed E-state index contributed by atoms with van der Waals surface area (Å²) in [5, 5.41) is 8.69. The van der Waals surface area contributed by atoms with Gasteiger partial charge in [-0.25, -0.2) is 0 Å². The lowest BCUT2D eigenvalue weighted by atomic mass is 10.1. The molecular weight excluding hydrogens is 226 g/mol. The quantitative estimate of drug-likeness (QED) is 0.787. The zero-order valence-corrected chi connectivity index (χ0v) is 11.6. The van der Waals surface area contributed by atoms with Crippen LogP contribution in [0, 0.1) is 13.8 Å². The molecule has 0 saturated carbocycles. The first kappa shape index (κ1) is 14.7. The van der Waals surface area contributed by atoms with Gasteiger partial charge in [0.1, 0.15) is 0 Å². The highest BCUT2D eigenvalue weighted by Crippen LogP contribution is 2.13. The first-order chi connectivity index (χ1) is 8.54. The summed E-state index contributed by atoms with van der Waals surface area (Å²) in [5.74, 6) is 0.142. The maximum Gasteiger partial charge on any atom is 0.222 e. The molecule has 0 unspecified atom stereocenters. The molecule has 0 aromatic heterocycles. The number of aryl methyl sites for hydroxylation is 2. The molecule has 3 nitrogen and oxygen atoms in total. The van der Waals surface area contributed by atoms with Crippen molar-refractivity contribution < 1.29 is 9.90 Å². The number of benzene rings is 1. The Morgan fingerprint density at radius 3 is 2.61 bits per heavy atom. The Morgan fingerprint density at radius 1 is 1.28 bits per heavy atom. The van der Waals surface area contributed by atoms with Crippen LogP contribution in [0.5, 0.6) is 0 Å². The van der Waals surface area contributed by atoms with Crippen LogP contribution in [0.15, 0.2) is 18.2 Å². The van der Waals surface area contributed by atoms with E-state index in [-0.39, 0.29) is 12.5 Å².